The summed E-state index contributed by atoms with van der Waals surface area (Å²) in [4.78, 5) is 20.8. The van der Waals surface area contributed by atoms with E-state index in [1.165, 1.54) is 0 Å². The van der Waals surface area contributed by atoms with Gasteiger partial charge in [0.2, 0.25) is 5.95 Å². The van der Waals surface area contributed by atoms with Crippen LogP contribution in [0.1, 0.15) is 13.3 Å². The van der Waals surface area contributed by atoms with Gasteiger partial charge in [0, 0.05) is 18.1 Å². The maximum atomic E-state index is 4.57. The van der Waals surface area contributed by atoms with E-state index < -0.39 is 0 Å². The molecule has 0 saturated carbocycles. The largest absolute Gasteiger partial charge is 0.368 e. The summed E-state index contributed by atoms with van der Waals surface area (Å²) >= 11 is 0. The van der Waals surface area contributed by atoms with Crippen LogP contribution in [0.2, 0.25) is 0 Å². The van der Waals surface area contributed by atoms with Crippen molar-refractivity contribution in [1.29, 1.82) is 0 Å². The van der Waals surface area contributed by atoms with E-state index in [9.17, 15) is 0 Å². The van der Waals surface area contributed by atoms with Crippen LogP contribution in [-0.2, 0) is 0 Å². The minimum atomic E-state index is 0.469. The van der Waals surface area contributed by atoms with Gasteiger partial charge in [-0.1, -0.05) is 31.2 Å². The Bertz CT molecular complexity index is 987. The Balaban J connectivity index is 1.76. The number of rotatable bonds is 5. The first-order valence-corrected chi connectivity index (χ1v) is 7.91. The summed E-state index contributed by atoms with van der Waals surface area (Å²) in [6, 6.07) is 10.0. The molecule has 7 nitrogen and oxygen atoms in total. The molecule has 0 fully saturated rings. The van der Waals surface area contributed by atoms with Gasteiger partial charge in [-0.25, -0.2) is 9.97 Å². The van der Waals surface area contributed by atoms with Gasteiger partial charge < -0.3 is 15.6 Å². The lowest BCUT2D eigenvalue weighted by Gasteiger charge is -2.10. The van der Waals surface area contributed by atoms with Gasteiger partial charge in [-0.2, -0.15) is 9.97 Å². The van der Waals surface area contributed by atoms with Crippen LogP contribution in [0.5, 0.6) is 0 Å². The van der Waals surface area contributed by atoms with Crippen molar-refractivity contribution in [3.05, 3.63) is 42.9 Å². The van der Waals surface area contributed by atoms with Crippen LogP contribution in [0.3, 0.4) is 0 Å². The third kappa shape index (κ3) is 2.60. The van der Waals surface area contributed by atoms with E-state index in [4.69, 9.17) is 0 Å². The summed E-state index contributed by atoms with van der Waals surface area (Å²) in [7, 11) is 0. The normalized spacial score (nSPS) is 11.0. The van der Waals surface area contributed by atoms with Crippen molar-refractivity contribution >= 4 is 39.5 Å². The number of imidazole rings is 1. The summed E-state index contributed by atoms with van der Waals surface area (Å²) < 4.78 is 0. The molecule has 0 aliphatic heterocycles. The summed E-state index contributed by atoms with van der Waals surface area (Å²) in [5, 5.41) is 8.66. The minimum absolute atomic E-state index is 0.469. The fraction of sp³-hybridized carbons (Fsp3) is 0.176. The van der Waals surface area contributed by atoms with E-state index in [0.29, 0.717) is 11.6 Å². The van der Waals surface area contributed by atoms with Crippen LogP contribution in [0.15, 0.2) is 42.9 Å². The summed E-state index contributed by atoms with van der Waals surface area (Å²) in [6.45, 7) is 2.94. The van der Waals surface area contributed by atoms with Crippen molar-refractivity contribution in [1.82, 2.24) is 24.9 Å². The molecule has 0 bridgehead atoms. The van der Waals surface area contributed by atoms with Crippen molar-refractivity contribution in [2.24, 2.45) is 0 Å². The zero-order chi connectivity index (χ0) is 16.4. The highest BCUT2D eigenvalue weighted by Gasteiger charge is 2.11. The molecule has 24 heavy (non-hydrogen) atoms. The molecule has 1 aromatic carbocycles. The highest BCUT2D eigenvalue weighted by Crippen LogP contribution is 2.25. The number of nitrogens with zero attached hydrogens (tertiary/aromatic N) is 4. The predicted molar refractivity (Wildman–Crippen MR) is 95.5 cm³/mol. The van der Waals surface area contributed by atoms with Crippen LogP contribution < -0.4 is 10.6 Å². The van der Waals surface area contributed by atoms with Gasteiger partial charge in [-0.05, 0) is 17.9 Å². The second kappa shape index (κ2) is 6.11. The zero-order valence-electron chi connectivity index (χ0n) is 13.2. The lowest BCUT2D eigenvalue weighted by atomic mass is 10.1. The monoisotopic (exact) mass is 319 g/mol. The molecular weight excluding hydrogens is 302 g/mol. The van der Waals surface area contributed by atoms with Crippen molar-refractivity contribution < 1.29 is 0 Å². The molecule has 3 heterocycles. The van der Waals surface area contributed by atoms with Gasteiger partial charge in [0.25, 0.3) is 0 Å². The number of nitrogens with one attached hydrogen (secondary N) is 3. The molecular formula is C17H17N7. The predicted octanol–water partition coefficient (Wildman–Crippen LogP) is 3.47. The van der Waals surface area contributed by atoms with Crippen LogP contribution in [-0.4, -0.2) is 31.5 Å². The minimum Gasteiger partial charge on any atom is -0.368 e. The number of pyridine rings is 1. The maximum Gasteiger partial charge on any atom is 0.232 e. The Kier molecular flexibility index (Phi) is 3.66. The van der Waals surface area contributed by atoms with Crippen molar-refractivity contribution in [3.8, 4) is 0 Å². The molecule has 0 amide bonds. The van der Waals surface area contributed by atoms with Crippen molar-refractivity contribution in [2.75, 3.05) is 17.2 Å². The van der Waals surface area contributed by atoms with Crippen LogP contribution in [0, 0.1) is 0 Å². The molecule has 0 aliphatic carbocycles. The van der Waals surface area contributed by atoms with Crippen LogP contribution >= 0.6 is 0 Å². The molecule has 0 spiro atoms. The Hall–Kier alpha value is -3.22. The lowest BCUT2D eigenvalue weighted by molar-refractivity contribution is 0.969. The van der Waals surface area contributed by atoms with Crippen LogP contribution in [0.4, 0.5) is 17.6 Å². The first kappa shape index (κ1) is 14.4. The number of benzene rings is 1. The molecule has 4 aromatic rings. The molecule has 3 aromatic heterocycles. The number of H-pyrrole nitrogens is 1. The number of hydrogen-bond donors (Lipinski definition) is 3. The number of aromatic amines is 1. The highest BCUT2D eigenvalue weighted by atomic mass is 15.2. The molecule has 0 unspecified atom stereocenters. The molecule has 7 heteroatoms. The number of fused-ring (bicyclic) bond motifs is 2. The van der Waals surface area contributed by atoms with Crippen molar-refractivity contribution in [3.63, 3.8) is 0 Å². The Morgan fingerprint density at radius 2 is 1.96 bits per heavy atom. The average Bonchev–Trinajstić information content (AvgIpc) is 3.09. The Morgan fingerprint density at radius 1 is 1.04 bits per heavy atom. The van der Waals surface area contributed by atoms with Gasteiger partial charge in [-0.15, -0.1) is 0 Å². The molecule has 3 N–H and O–H groups in total. The lowest BCUT2D eigenvalue weighted by Crippen LogP contribution is -2.06. The van der Waals surface area contributed by atoms with E-state index >= 15 is 0 Å². The average molecular weight is 319 g/mol. The van der Waals surface area contributed by atoms with Gasteiger partial charge >= 0.3 is 0 Å². The SMILES string of the molecule is CCCNc1nc(Nc2nccc3ccccc23)nc2nc[nH]c12. The zero-order valence-corrected chi connectivity index (χ0v) is 13.2. The van der Waals surface area contributed by atoms with E-state index in [2.05, 4.69) is 42.5 Å². The molecule has 0 aliphatic rings. The van der Waals surface area contributed by atoms with E-state index in [-0.39, 0.29) is 0 Å². The van der Waals surface area contributed by atoms with Gasteiger partial charge in [-0.3, -0.25) is 0 Å². The molecule has 4 rings (SSSR count). The summed E-state index contributed by atoms with van der Waals surface area (Å²) in [5.74, 6) is 1.93. The van der Waals surface area contributed by atoms with Gasteiger partial charge in [0.15, 0.2) is 11.5 Å². The quantitative estimate of drug-likeness (QED) is 0.522. The molecule has 0 radical (unpaired) electrons. The van der Waals surface area contributed by atoms with Crippen LogP contribution in [0.25, 0.3) is 21.9 Å². The number of hydrogen-bond acceptors (Lipinski definition) is 6. The number of aromatic nitrogens is 5. The first-order chi connectivity index (χ1) is 11.8. The highest BCUT2D eigenvalue weighted by molar-refractivity contribution is 5.93. The molecule has 120 valence electrons. The molecule has 0 atom stereocenters. The number of anilines is 3. The van der Waals surface area contributed by atoms with Gasteiger partial charge in [0.1, 0.15) is 11.3 Å². The topological polar surface area (TPSA) is 91.4 Å². The Labute approximate surface area is 138 Å². The Morgan fingerprint density at radius 3 is 2.88 bits per heavy atom. The fourth-order valence-electron chi connectivity index (χ4n) is 2.59. The molecule has 0 saturated heterocycles. The van der Waals surface area contributed by atoms with E-state index in [1.807, 2.05) is 30.3 Å². The van der Waals surface area contributed by atoms with E-state index in [1.54, 1.807) is 12.5 Å². The smallest absolute Gasteiger partial charge is 0.232 e. The maximum absolute atomic E-state index is 4.57. The summed E-state index contributed by atoms with van der Waals surface area (Å²) in [5.41, 5.74) is 1.42. The first-order valence-electron chi connectivity index (χ1n) is 7.91. The van der Waals surface area contributed by atoms with Crippen molar-refractivity contribution in [2.45, 2.75) is 13.3 Å². The second-order valence-electron chi connectivity index (χ2n) is 5.43. The summed E-state index contributed by atoms with van der Waals surface area (Å²) in [6.07, 6.45) is 4.40. The van der Waals surface area contributed by atoms with E-state index in [0.717, 1.165) is 40.9 Å². The van der Waals surface area contributed by atoms with Gasteiger partial charge in [0.05, 0.1) is 6.33 Å². The second-order valence-corrected chi connectivity index (χ2v) is 5.43. The third-order valence-corrected chi connectivity index (χ3v) is 3.73. The fourth-order valence-corrected chi connectivity index (χ4v) is 2.59. The standard InChI is InChI=1S/C17H17N7/c1-2-8-18-15-13-16(21-10-20-13)24-17(23-15)22-14-12-6-4-3-5-11(12)7-9-19-14/h3-7,9-10H,2,8H2,1H3,(H3,18,19,20,21,22,23,24). The third-order valence-electron chi connectivity index (χ3n) is 3.73.